The van der Waals surface area contributed by atoms with Gasteiger partial charge in [0, 0.05) is 25.8 Å². The number of nitrogens with zero attached hydrogens (tertiary/aromatic N) is 3. The molecule has 1 aromatic heterocycles. The maximum absolute atomic E-state index is 12.1. The van der Waals surface area contributed by atoms with Crippen molar-refractivity contribution in [2.75, 3.05) is 32.0 Å². The number of nitrogens with two attached hydrogens (primary N) is 1. The number of hydrogen-bond donors (Lipinski definition) is 1. The molecule has 8 heteroatoms. The number of morpholine rings is 1. The first-order valence-electron chi connectivity index (χ1n) is 6.50. The molecule has 1 fully saturated rings. The van der Waals surface area contributed by atoms with Crippen LogP contribution in [0, 0.1) is 0 Å². The highest BCUT2D eigenvalue weighted by Gasteiger charge is 2.19. The second-order valence-corrected chi connectivity index (χ2v) is 4.54. The van der Waals surface area contributed by atoms with Crippen LogP contribution in [0.3, 0.4) is 0 Å². The number of rotatable bonds is 3. The minimum Gasteiger partial charge on any atom is -0.393 e. The molecule has 2 rings (SSSR count). The number of ether oxygens (including phenoxy) is 1. The predicted molar refractivity (Wildman–Crippen MR) is 72.4 cm³/mol. The number of aromatic nitrogens is 2. The second-order valence-electron chi connectivity index (χ2n) is 4.54. The van der Waals surface area contributed by atoms with Crippen molar-refractivity contribution in [3.8, 4) is 0 Å². The SMILES string of the molecule is CCn1cc(N)c(=O)n(CC(=O)N2CCOCC2)c1=O. The number of carbonyl (C=O) groups is 1. The smallest absolute Gasteiger partial charge is 0.331 e. The van der Waals surface area contributed by atoms with Gasteiger partial charge >= 0.3 is 5.69 Å². The third-order valence-electron chi connectivity index (χ3n) is 3.26. The first-order chi connectivity index (χ1) is 9.54. The summed E-state index contributed by atoms with van der Waals surface area (Å²) < 4.78 is 7.35. The Morgan fingerprint density at radius 2 is 2.00 bits per heavy atom. The average Bonchev–Trinajstić information content (AvgIpc) is 2.48. The molecular weight excluding hydrogens is 264 g/mol. The summed E-state index contributed by atoms with van der Waals surface area (Å²) in [5.41, 5.74) is 4.40. The number of amides is 1. The molecular formula is C12H18N4O4. The first-order valence-corrected chi connectivity index (χ1v) is 6.50. The third kappa shape index (κ3) is 2.74. The molecule has 1 saturated heterocycles. The van der Waals surface area contributed by atoms with E-state index in [1.165, 1.54) is 10.8 Å². The van der Waals surface area contributed by atoms with Gasteiger partial charge in [0.2, 0.25) is 5.91 Å². The van der Waals surface area contributed by atoms with Crippen molar-refractivity contribution in [2.24, 2.45) is 0 Å². The zero-order chi connectivity index (χ0) is 14.7. The molecule has 1 aliphatic heterocycles. The Morgan fingerprint density at radius 1 is 1.35 bits per heavy atom. The van der Waals surface area contributed by atoms with Crippen LogP contribution in [-0.2, 0) is 22.6 Å². The van der Waals surface area contributed by atoms with Crippen LogP contribution in [0.5, 0.6) is 0 Å². The van der Waals surface area contributed by atoms with Gasteiger partial charge in [0.05, 0.1) is 13.2 Å². The quantitative estimate of drug-likeness (QED) is 0.725. The number of carbonyl (C=O) groups excluding carboxylic acids is 1. The Hall–Kier alpha value is -2.09. The molecule has 1 amide bonds. The molecule has 0 bridgehead atoms. The Morgan fingerprint density at radius 3 is 2.60 bits per heavy atom. The van der Waals surface area contributed by atoms with Gasteiger partial charge in [-0.05, 0) is 6.92 Å². The van der Waals surface area contributed by atoms with E-state index in [-0.39, 0.29) is 18.1 Å². The molecule has 0 aromatic carbocycles. The maximum atomic E-state index is 12.1. The van der Waals surface area contributed by atoms with Gasteiger partial charge < -0.3 is 15.4 Å². The van der Waals surface area contributed by atoms with Gasteiger partial charge in [-0.3, -0.25) is 14.2 Å². The molecule has 1 aromatic rings. The van der Waals surface area contributed by atoms with E-state index >= 15 is 0 Å². The Labute approximate surface area is 115 Å². The van der Waals surface area contributed by atoms with E-state index in [1.807, 2.05) is 0 Å². The standard InChI is InChI=1S/C12H18N4O4/c1-2-14-7-9(13)11(18)16(12(14)19)8-10(17)15-3-5-20-6-4-15/h7H,2-6,8,13H2,1H3. The lowest BCUT2D eigenvalue weighted by atomic mass is 10.4. The number of anilines is 1. The van der Waals surface area contributed by atoms with E-state index in [0.29, 0.717) is 32.8 Å². The van der Waals surface area contributed by atoms with Crippen molar-refractivity contribution >= 4 is 11.6 Å². The lowest BCUT2D eigenvalue weighted by Crippen LogP contribution is -2.47. The summed E-state index contributed by atoms with van der Waals surface area (Å²) >= 11 is 0. The number of aryl methyl sites for hydroxylation is 1. The summed E-state index contributed by atoms with van der Waals surface area (Å²) in [5.74, 6) is -0.277. The molecule has 110 valence electrons. The van der Waals surface area contributed by atoms with E-state index in [2.05, 4.69) is 0 Å². The first kappa shape index (κ1) is 14.3. The molecule has 2 heterocycles. The fraction of sp³-hybridized carbons (Fsp3) is 0.583. The van der Waals surface area contributed by atoms with E-state index < -0.39 is 11.2 Å². The monoisotopic (exact) mass is 282 g/mol. The van der Waals surface area contributed by atoms with Gasteiger partial charge in [0.15, 0.2) is 0 Å². The van der Waals surface area contributed by atoms with Crippen LogP contribution >= 0.6 is 0 Å². The molecule has 0 unspecified atom stereocenters. The summed E-state index contributed by atoms with van der Waals surface area (Å²) in [6.45, 7) is 3.74. The number of hydrogen-bond acceptors (Lipinski definition) is 5. The number of nitrogen functional groups attached to an aromatic ring is 1. The zero-order valence-electron chi connectivity index (χ0n) is 11.4. The van der Waals surface area contributed by atoms with E-state index in [4.69, 9.17) is 10.5 Å². The minimum atomic E-state index is -0.624. The third-order valence-corrected chi connectivity index (χ3v) is 3.26. The van der Waals surface area contributed by atoms with Crippen molar-refractivity contribution in [2.45, 2.75) is 20.0 Å². The van der Waals surface area contributed by atoms with E-state index in [1.54, 1.807) is 11.8 Å². The molecule has 20 heavy (non-hydrogen) atoms. The lowest BCUT2D eigenvalue weighted by Gasteiger charge is -2.27. The molecule has 0 atom stereocenters. The van der Waals surface area contributed by atoms with Crippen LogP contribution in [0.2, 0.25) is 0 Å². The second kappa shape index (κ2) is 5.91. The maximum Gasteiger partial charge on any atom is 0.331 e. The van der Waals surface area contributed by atoms with Gasteiger partial charge in [0.1, 0.15) is 12.2 Å². The summed E-state index contributed by atoms with van der Waals surface area (Å²) in [6, 6.07) is 0. The largest absolute Gasteiger partial charge is 0.393 e. The average molecular weight is 282 g/mol. The van der Waals surface area contributed by atoms with Crippen molar-refractivity contribution in [3.05, 3.63) is 27.0 Å². The van der Waals surface area contributed by atoms with Gasteiger partial charge in [-0.1, -0.05) is 0 Å². The molecule has 0 saturated carbocycles. The molecule has 0 aliphatic carbocycles. The van der Waals surface area contributed by atoms with Crippen molar-refractivity contribution in [1.29, 1.82) is 0 Å². The molecule has 0 radical (unpaired) electrons. The van der Waals surface area contributed by atoms with Crippen molar-refractivity contribution < 1.29 is 9.53 Å². The van der Waals surface area contributed by atoms with Gasteiger partial charge in [-0.25, -0.2) is 9.36 Å². The highest BCUT2D eigenvalue weighted by molar-refractivity contribution is 5.76. The summed E-state index contributed by atoms with van der Waals surface area (Å²) in [5, 5.41) is 0. The van der Waals surface area contributed by atoms with Crippen molar-refractivity contribution in [3.63, 3.8) is 0 Å². The molecule has 8 nitrogen and oxygen atoms in total. The Kier molecular flexibility index (Phi) is 4.23. The fourth-order valence-corrected chi connectivity index (χ4v) is 2.09. The zero-order valence-corrected chi connectivity index (χ0v) is 11.4. The Balaban J connectivity index is 2.28. The highest BCUT2D eigenvalue weighted by atomic mass is 16.5. The van der Waals surface area contributed by atoms with E-state index in [0.717, 1.165) is 4.57 Å². The van der Waals surface area contributed by atoms with Crippen LogP contribution in [0.4, 0.5) is 5.69 Å². The fourth-order valence-electron chi connectivity index (χ4n) is 2.09. The van der Waals surface area contributed by atoms with Crippen LogP contribution in [0.1, 0.15) is 6.92 Å². The summed E-state index contributed by atoms with van der Waals surface area (Å²) in [6.07, 6.45) is 1.31. The highest BCUT2D eigenvalue weighted by Crippen LogP contribution is 1.99. The summed E-state index contributed by atoms with van der Waals surface area (Å²) in [4.78, 5) is 37.7. The topological polar surface area (TPSA) is 99.6 Å². The van der Waals surface area contributed by atoms with Crippen LogP contribution in [0.25, 0.3) is 0 Å². The molecule has 1 aliphatic rings. The van der Waals surface area contributed by atoms with Gasteiger partial charge in [0.25, 0.3) is 5.56 Å². The van der Waals surface area contributed by atoms with Crippen LogP contribution < -0.4 is 17.0 Å². The Bertz CT molecular complexity index is 613. The molecule has 0 spiro atoms. The minimum absolute atomic E-state index is 0.0405. The normalized spacial score (nSPS) is 15.3. The van der Waals surface area contributed by atoms with Gasteiger partial charge in [-0.2, -0.15) is 0 Å². The molecule has 2 N–H and O–H groups in total. The van der Waals surface area contributed by atoms with Crippen molar-refractivity contribution in [1.82, 2.24) is 14.0 Å². The van der Waals surface area contributed by atoms with Crippen LogP contribution in [0.15, 0.2) is 15.8 Å². The van der Waals surface area contributed by atoms with Crippen LogP contribution in [-0.4, -0.2) is 46.2 Å². The van der Waals surface area contributed by atoms with E-state index in [9.17, 15) is 14.4 Å². The van der Waals surface area contributed by atoms with Gasteiger partial charge in [-0.15, -0.1) is 0 Å². The predicted octanol–water partition coefficient (Wildman–Crippen LogP) is -1.53. The summed E-state index contributed by atoms with van der Waals surface area (Å²) in [7, 11) is 0. The lowest BCUT2D eigenvalue weighted by molar-refractivity contribution is -0.136.